The van der Waals surface area contributed by atoms with Crippen LogP contribution in [-0.2, 0) is 16.8 Å². The Morgan fingerprint density at radius 2 is 1.87 bits per heavy atom. The van der Waals surface area contributed by atoms with Crippen LogP contribution in [0.1, 0.15) is 24.0 Å². The summed E-state index contributed by atoms with van der Waals surface area (Å²) in [5.74, 6) is 0.905. The summed E-state index contributed by atoms with van der Waals surface area (Å²) in [7, 11) is 0. The Hall–Kier alpha value is -3.38. The summed E-state index contributed by atoms with van der Waals surface area (Å²) in [4.78, 5) is 13.1. The van der Waals surface area contributed by atoms with Crippen LogP contribution in [0.5, 0.6) is 11.5 Å². The molecular weight excluding hydrogens is 383 g/mol. The number of hydrogen-bond donors (Lipinski definition) is 2. The van der Waals surface area contributed by atoms with Gasteiger partial charge in [-0.05, 0) is 65.9 Å². The lowest BCUT2D eigenvalue weighted by Gasteiger charge is -2.17. The number of nitrogens with one attached hydrogen (secondary N) is 1. The van der Waals surface area contributed by atoms with Crippen molar-refractivity contribution < 1.29 is 18.7 Å². The summed E-state index contributed by atoms with van der Waals surface area (Å²) in [6.07, 6.45) is 1.51. The molecule has 0 radical (unpaired) electrons. The molecule has 0 atom stereocenters. The van der Waals surface area contributed by atoms with Crippen molar-refractivity contribution >= 4 is 11.6 Å². The first-order valence-corrected chi connectivity index (χ1v) is 9.90. The minimum Gasteiger partial charge on any atom is -0.454 e. The first-order valence-electron chi connectivity index (χ1n) is 9.90. The van der Waals surface area contributed by atoms with Gasteiger partial charge in [-0.15, -0.1) is 0 Å². The molecule has 1 fully saturated rings. The van der Waals surface area contributed by atoms with E-state index in [2.05, 4.69) is 5.32 Å². The van der Waals surface area contributed by atoms with Gasteiger partial charge in [0.05, 0.1) is 5.41 Å². The third kappa shape index (κ3) is 3.19. The van der Waals surface area contributed by atoms with Gasteiger partial charge in [0.2, 0.25) is 12.7 Å². The van der Waals surface area contributed by atoms with Gasteiger partial charge in [0, 0.05) is 17.8 Å². The maximum atomic E-state index is 14.5. The molecule has 3 aromatic carbocycles. The Kier molecular flexibility index (Phi) is 4.44. The SMILES string of the molecule is NCc1cccc(-c2cc(NC(=O)C3(c4ccc5c(c4)OCO5)CC3)ccc2F)c1. The lowest BCUT2D eigenvalue weighted by molar-refractivity contribution is -0.118. The van der Waals surface area contributed by atoms with Crippen LogP contribution in [0.3, 0.4) is 0 Å². The predicted molar refractivity (Wildman–Crippen MR) is 112 cm³/mol. The zero-order valence-electron chi connectivity index (χ0n) is 16.3. The highest BCUT2D eigenvalue weighted by Gasteiger charge is 2.51. The topological polar surface area (TPSA) is 73.6 Å². The fraction of sp³-hybridized carbons (Fsp3) is 0.208. The van der Waals surface area contributed by atoms with Crippen molar-refractivity contribution in [1.82, 2.24) is 0 Å². The van der Waals surface area contributed by atoms with Gasteiger partial charge in [0.15, 0.2) is 11.5 Å². The number of hydrogen-bond acceptors (Lipinski definition) is 4. The molecule has 5 rings (SSSR count). The number of anilines is 1. The molecule has 0 unspecified atom stereocenters. The average molecular weight is 404 g/mol. The normalized spacial score (nSPS) is 15.7. The molecule has 0 spiro atoms. The van der Waals surface area contributed by atoms with Crippen molar-refractivity contribution in [3.63, 3.8) is 0 Å². The zero-order chi connectivity index (χ0) is 20.7. The van der Waals surface area contributed by atoms with Crippen LogP contribution in [0.4, 0.5) is 10.1 Å². The van der Waals surface area contributed by atoms with Gasteiger partial charge in [-0.1, -0.05) is 24.3 Å². The van der Waals surface area contributed by atoms with Gasteiger partial charge in [-0.25, -0.2) is 4.39 Å². The Balaban J connectivity index is 1.41. The van der Waals surface area contributed by atoms with E-state index in [1.807, 2.05) is 42.5 Å². The summed E-state index contributed by atoms with van der Waals surface area (Å²) >= 11 is 0. The minimum atomic E-state index is -0.588. The van der Waals surface area contributed by atoms with Crippen LogP contribution in [0.15, 0.2) is 60.7 Å². The van der Waals surface area contributed by atoms with Gasteiger partial charge in [-0.2, -0.15) is 0 Å². The molecule has 0 aromatic heterocycles. The van der Waals surface area contributed by atoms with Crippen LogP contribution in [0.2, 0.25) is 0 Å². The number of nitrogens with two attached hydrogens (primary N) is 1. The molecule has 1 aliphatic heterocycles. The van der Waals surface area contributed by atoms with E-state index in [0.29, 0.717) is 29.3 Å². The predicted octanol–water partition coefficient (Wildman–Crippen LogP) is 4.35. The number of ether oxygens (including phenoxy) is 2. The molecule has 0 saturated heterocycles. The Bertz CT molecular complexity index is 1140. The summed E-state index contributed by atoms with van der Waals surface area (Å²) in [5.41, 5.74) is 8.65. The molecule has 1 amide bonds. The van der Waals surface area contributed by atoms with Crippen LogP contribution in [-0.4, -0.2) is 12.7 Å². The van der Waals surface area contributed by atoms with E-state index in [1.54, 1.807) is 12.1 Å². The van der Waals surface area contributed by atoms with E-state index >= 15 is 0 Å². The number of benzene rings is 3. The van der Waals surface area contributed by atoms with Crippen LogP contribution in [0.25, 0.3) is 11.1 Å². The average Bonchev–Trinajstić information content (AvgIpc) is 3.46. The first-order chi connectivity index (χ1) is 14.6. The molecule has 0 bridgehead atoms. The Labute approximate surface area is 173 Å². The van der Waals surface area contributed by atoms with Crippen molar-refractivity contribution in [1.29, 1.82) is 0 Å². The molecule has 1 saturated carbocycles. The van der Waals surface area contributed by atoms with Gasteiger partial charge in [-0.3, -0.25) is 4.79 Å². The minimum absolute atomic E-state index is 0.102. The second-order valence-electron chi connectivity index (χ2n) is 7.70. The van der Waals surface area contributed by atoms with Crippen LogP contribution < -0.4 is 20.5 Å². The van der Waals surface area contributed by atoms with Gasteiger partial charge >= 0.3 is 0 Å². The smallest absolute Gasteiger partial charge is 0.235 e. The summed E-state index contributed by atoms with van der Waals surface area (Å²) < 4.78 is 25.3. The van der Waals surface area contributed by atoms with Crippen molar-refractivity contribution in [3.05, 3.63) is 77.6 Å². The van der Waals surface area contributed by atoms with E-state index in [-0.39, 0.29) is 18.5 Å². The molecule has 1 heterocycles. The van der Waals surface area contributed by atoms with Gasteiger partial charge in [0.1, 0.15) is 5.82 Å². The lowest BCUT2D eigenvalue weighted by atomic mass is 9.94. The standard InChI is InChI=1S/C24H21FN2O3/c25-20-6-5-18(12-19(20)16-3-1-2-15(10-16)13-26)27-23(28)24(8-9-24)17-4-7-21-22(11-17)30-14-29-21/h1-7,10-12H,8-9,13-14,26H2,(H,27,28). The number of fused-ring (bicyclic) bond motifs is 1. The number of carbonyl (C=O) groups excluding carboxylic acids is 1. The third-order valence-electron chi connectivity index (χ3n) is 5.81. The maximum absolute atomic E-state index is 14.5. The number of halogens is 1. The zero-order valence-corrected chi connectivity index (χ0v) is 16.3. The molecule has 2 aliphatic rings. The van der Waals surface area contributed by atoms with E-state index in [4.69, 9.17) is 15.2 Å². The lowest BCUT2D eigenvalue weighted by Crippen LogP contribution is -2.27. The fourth-order valence-electron chi connectivity index (χ4n) is 3.91. The fourth-order valence-corrected chi connectivity index (χ4v) is 3.91. The first kappa shape index (κ1) is 18.6. The van der Waals surface area contributed by atoms with E-state index in [0.717, 1.165) is 29.5 Å². The number of carbonyl (C=O) groups is 1. The van der Waals surface area contributed by atoms with Crippen molar-refractivity contribution in [2.75, 3.05) is 12.1 Å². The second kappa shape index (κ2) is 7.15. The molecule has 3 N–H and O–H groups in total. The highest BCUT2D eigenvalue weighted by molar-refractivity contribution is 6.01. The molecule has 5 nitrogen and oxygen atoms in total. The van der Waals surface area contributed by atoms with Gasteiger partial charge < -0.3 is 20.5 Å². The van der Waals surface area contributed by atoms with Crippen LogP contribution in [0, 0.1) is 5.82 Å². The summed E-state index contributed by atoms with van der Waals surface area (Å²) in [6.45, 7) is 0.575. The quantitative estimate of drug-likeness (QED) is 0.663. The second-order valence-corrected chi connectivity index (χ2v) is 7.70. The molecule has 1 aliphatic carbocycles. The molecule has 152 valence electrons. The van der Waals surface area contributed by atoms with Crippen molar-refractivity contribution in [2.45, 2.75) is 24.8 Å². The highest BCUT2D eigenvalue weighted by atomic mass is 19.1. The number of amides is 1. The van der Waals surface area contributed by atoms with E-state index in [1.165, 1.54) is 6.07 Å². The summed E-state index contributed by atoms with van der Waals surface area (Å²) in [6, 6.07) is 17.7. The van der Waals surface area contributed by atoms with Crippen LogP contribution >= 0.6 is 0 Å². The Morgan fingerprint density at radius 1 is 1.03 bits per heavy atom. The largest absolute Gasteiger partial charge is 0.454 e. The number of rotatable bonds is 5. The third-order valence-corrected chi connectivity index (χ3v) is 5.81. The monoisotopic (exact) mass is 404 g/mol. The summed E-state index contributed by atoms with van der Waals surface area (Å²) in [5, 5.41) is 2.97. The maximum Gasteiger partial charge on any atom is 0.235 e. The molecule has 6 heteroatoms. The molecule has 30 heavy (non-hydrogen) atoms. The Morgan fingerprint density at radius 3 is 2.67 bits per heavy atom. The van der Waals surface area contributed by atoms with E-state index in [9.17, 15) is 9.18 Å². The van der Waals surface area contributed by atoms with Crippen molar-refractivity contribution in [3.8, 4) is 22.6 Å². The van der Waals surface area contributed by atoms with Crippen molar-refractivity contribution in [2.24, 2.45) is 5.73 Å². The molecular formula is C24H21FN2O3. The van der Waals surface area contributed by atoms with Gasteiger partial charge in [0.25, 0.3) is 0 Å². The molecule has 3 aromatic rings. The van der Waals surface area contributed by atoms with E-state index < -0.39 is 5.41 Å². The highest BCUT2D eigenvalue weighted by Crippen LogP contribution is 2.51.